The van der Waals surface area contributed by atoms with Gasteiger partial charge in [-0.2, -0.15) is 17.5 Å². The Labute approximate surface area is 189 Å². The van der Waals surface area contributed by atoms with E-state index >= 15 is 0 Å². The zero-order valence-electron chi connectivity index (χ0n) is 17.6. The highest BCUT2D eigenvalue weighted by atomic mass is 32.2. The number of hydrogen-bond donors (Lipinski definition) is 1. The van der Waals surface area contributed by atoms with Gasteiger partial charge in [0.1, 0.15) is 5.82 Å². The molecule has 1 N–H and O–H groups in total. The number of nitrogens with zero attached hydrogens (tertiary/aromatic N) is 5. The van der Waals surface area contributed by atoms with Crippen LogP contribution in [-0.4, -0.2) is 54.1 Å². The lowest BCUT2D eigenvalue weighted by Gasteiger charge is -2.34. The van der Waals surface area contributed by atoms with Crippen molar-refractivity contribution < 1.29 is 21.6 Å². The van der Waals surface area contributed by atoms with Crippen LogP contribution in [0.2, 0.25) is 0 Å². The van der Waals surface area contributed by atoms with Crippen LogP contribution < -0.4 is 10.2 Å². The highest BCUT2D eigenvalue weighted by molar-refractivity contribution is 7.89. The molecule has 0 saturated carbocycles. The van der Waals surface area contributed by atoms with Crippen LogP contribution in [0.15, 0.2) is 59.6 Å². The van der Waals surface area contributed by atoms with E-state index in [4.69, 9.17) is 0 Å². The number of halogens is 3. The molecule has 0 aliphatic carbocycles. The third kappa shape index (κ3) is 5.22. The van der Waals surface area contributed by atoms with Gasteiger partial charge in [0.2, 0.25) is 10.0 Å². The molecule has 1 aliphatic heterocycles. The van der Waals surface area contributed by atoms with Gasteiger partial charge in [0, 0.05) is 32.4 Å². The van der Waals surface area contributed by atoms with Crippen molar-refractivity contribution in [1.82, 2.24) is 19.5 Å². The Balaban J connectivity index is 1.40. The molecule has 1 aliphatic rings. The normalized spacial score (nSPS) is 15.5. The Morgan fingerprint density at radius 3 is 2.33 bits per heavy atom. The molecule has 12 heteroatoms. The second-order valence-corrected chi connectivity index (χ2v) is 9.47. The smallest absolute Gasteiger partial charge is 0.352 e. The van der Waals surface area contributed by atoms with E-state index in [1.165, 1.54) is 10.4 Å². The zero-order chi connectivity index (χ0) is 23.6. The lowest BCUT2D eigenvalue weighted by Crippen LogP contribution is -2.49. The molecule has 0 radical (unpaired) electrons. The van der Waals surface area contributed by atoms with Gasteiger partial charge in [-0.05, 0) is 55.0 Å². The lowest BCUT2D eigenvalue weighted by molar-refractivity contribution is -0.137. The predicted octanol–water partition coefficient (Wildman–Crippen LogP) is 3.45. The van der Waals surface area contributed by atoms with Crippen LogP contribution in [0.1, 0.15) is 11.1 Å². The first-order valence-electron chi connectivity index (χ1n) is 10.1. The second-order valence-electron chi connectivity index (χ2n) is 7.54. The Hall–Kier alpha value is -3.25. The molecule has 3 heterocycles. The summed E-state index contributed by atoms with van der Waals surface area (Å²) in [5.74, 6) is 1.74. The van der Waals surface area contributed by atoms with Crippen LogP contribution in [0.5, 0.6) is 0 Å². The topological polar surface area (TPSA) is 91.3 Å². The molecule has 0 amide bonds. The van der Waals surface area contributed by atoms with Crippen molar-refractivity contribution >= 4 is 27.5 Å². The summed E-state index contributed by atoms with van der Waals surface area (Å²) in [7, 11) is -4.04. The molecule has 0 atom stereocenters. The van der Waals surface area contributed by atoms with E-state index in [-0.39, 0.29) is 18.0 Å². The van der Waals surface area contributed by atoms with E-state index in [1.807, 2.05) is 24.0 Å². The highest BCUT2D eigenvalue weighted by Gasteiger charge is 2.34. The first-order chi connectivity index (χ1) is 15.6. The van der Waals surface area contributed by atoms with Gasteiger partial charge in [-0.15, -0.1) is 10.2 Å². The number of aromatic nitrogens is 3. The molecule has 8 nitrogen and oxygen atoms in total. The SMILES string of the molecule is Cc1ccnc(Nc2ccc(N3CCN(S(=O)(=O)c4cccc(C(F)(F)F)c4)CC3)nn2)c1. The molecule has 3 aromatic rings. The van der Waals surface area contributed by atoms with Crippen molar-refractivity contribution in [3.05, 3.63) is 65.9 Å². The Bertz CT molecular complexity index is 1230. The van der Waals surface area contributed by atoms with Gasteiger partial charge in [-0.25, -0.2) is 13.4 Å². The van der Waals surface area contributed by atoms with Gasteiger partial charge < -0.3 is 10.2 Å². The number of hydrogen-bond acceptors (Lipinski definition) is 7. The standard InChI is InChI=1S/C21H21F3N6O2S/c1-15-7-8-25-19(13-15)26-18-5-6-20(28-27-18)29-9-11-30(12-10-29)33(31,32)17-4-2-3-16(14-17)21(22,23)24/h2-8,13-14H,9-12H2,1H3,(H,25,26,27). The maximum Gasteiger partial charge on any atom is 0.416 e. The van der Waals surface area contributed by atoms with Gasteiger partial charge in [-0.1, -0.05) is 6.07 Å². The third-order valence-electron chi connectivity index (χ3n) is 5.18. The average molecular weight is 479 g/mol. The quantitative estimate of drug-likeness (QED) is 0.601. The van der Waals surface area contributed by atoms with Gasteiger partial charge in [0.15, 0.2) is 11.6 Å². The minimum atomic E-state index is -4.61. The molecule has 174 valence electrons. The number of nitrogens with one attached hydrogen (secondary N) is 1. The molecule has 0 unspecified atom stereocenters. The summed E-state index contributed by atoms with van der Waals surface area (Å²) in [5, 5.41) is 11.4. The van der Waals surface area contributed by atoms with Gasteiger partial charge >= 0.3 is 6.18 Å². The fourth-order valence-electron chi connectivity index (χ4n) is 3.44. The average Bonchev–Trinajstić information content (AvgIpc) is 2.79. The minimum absolute atomic E-state index is 0.119. The number of sulfonamides is 1. The third-order valence-corrected chi connectivity index (χ3v) is 7.08. The Morgan fingerprint density at radius 1 is 0.939 bits per heavy atom. The number of rotatable bonds is 5. The number of benzene rings is 1. The van der Waals surface area contributed by atoms with E-state index in [0.717, 1.165) is 17.7 Å². The van der Waals surface area contributed by atoms with Crippen LogP contribution in [0.4, 0.5) is 30.6 Å². The molecule has 0 bridgehead atoms. The second kappa shape index (κ2) is 8.94. The van der Waals surface area contributed by atoms with E-state index in [1.54, 1.807) is 18.3 Å². The number of alkyl halides is 3. The van der Waals surface area contributed by atoms with Crippen LogP contribution in [-0.2, 0) is 16.2 Å². The fourth-order valence-corrected chi connectivity index (χ4v) is 4.90. The number of piperazine rings is 1. The monoisotopic (exact) mass is 478 g/mol. The summed E-state index contributed by atoms with van der Waals surface area (Å²) >= 11 is 0. The van der Waals surface area contributed by atoms with Crippen molar-refractivity contribution in [2.24, 2.45) is 0 Å². The Kier molecular flexibility index (Phi) is 6.21. The summed E-state index contributed by atoms with van der Waals surface area (Å²) < 4.78 is 65.8. The minimum Gasteiger partial charge on any atom is -0.352 e. The summed E-state index contributed by atoms with van der Waals surface area (Å²) in [4.78, 5) is 5.71. The van der Waals surface area contributed by atoms with Gasteiger partial charge in [0.05, 0.1) is 10.5 Å². The maximum absolute atomic E-state index is 13.0. The van der Waals surface area contributed by atoms with Crippen molar-refractivity contribution in [3.8, 4) is 0 Å². The molecular weight excluding hydrogens is 457 g/mol. The van der Waals surface area contributed by atoms with Crippen molar-refractivity contribution in [2.45, 2.75) is 18.0 Å². The number of aryl methyl sites for hydroxylation is 1. The lowest BCUT2D eigenvalue weighted by atomic mass is 10.2. The predicted molar refractivity (Wildman–Crippen MR) is 117 cm³/mol. The molecule has 33 heavy (non-hydrogen) atoms. The zero-order valence-corrected chi connectivity index (χ0v) is 18.4. The molecule has 4 rings (SSSR count). The first-order valence-corrected chi connectivity index (χ1v) is 11.5. The largest absolute Gasteiger partial charge is 0.416 e. The highest BCUT2D eigenvalue weighted by Crippen LogP contribution is 2.31. The molecule has 1 fully saturated rings. The van der Waals surface area contributed by atoms with Crippen LogP contribution in [0.25, 0.3) is 0 Å². The van der Waals surface area contributed by atoms with E-state index in [9.17, 15) is 21.6 Å². The van der Waals surface area contributed by atoms with Gasteiger partial charge in [-0.3, -0.25) is 0 Å². The van der Waals surface area contributed by atoms with Crippen LogP contribution >= 0.6 is 0 Å². The molecule has 0 spiro atoms. The first kappa shape index (κ1) is 22.9. The molecular formula is C21H21F3N6O2S. The Morgan fingerprint density at radius 2 is 1.70 bits per heavy atom. The van der Waals surface area contributed by atoms with E-state index < -0.39 is 21.8 Å². The van der Waals surface area contributed by atoms with Crippen LogP contribution in [0, 0.1) is 6.92 Å². The van der Waals surface area contributed by atoms with E-state index in [2.05, 4.69) is 20.5 Å². The molecule has 2 aromatic heterocycles. The van der Waals surface area contributed by atoms with Crippen molar-refractivity contribution in [2.75, 3.05) is 36.4 Å². The van der Waals surface area contributed by atoms with Crippen molar-refractivity contribution in [3.63, 3.8) is 0 Å². The maximum atomic E-state index is 13.0. The summed E-state index contributed by atoms with van der Waals surface area (Å²) in [6.07, 6.45) is -2.92. The summed E-state index contributed by atoms with van der Waals surface area (Å²) in [6, 6.07) is 11.1. The molecule has 1 aromatic carbocycles. The van der Waals surface area contributed by atoms with Gasteiger partial charge in [0.25, 0.3) is 0 Å². The number of pyridine rings is 1. The number of anilines is 3. The van der Waals surface area contributed by atoms with E-state index in [0.29, 0.717) is 36.6 Å². The van der Waals surface area contributed by atoms with Crippen LogP contribution in [0.3, 0.4) is 0 Å². The molecule has 1 saturated heterocycles. The fraction of sp³-hybridized carbons (Fsp3) is 0.286. The summed E-state index contributed by atoms with van der Waals surface area (Å²) in [6.45, 7) is 2.85. The summed E-state index contributed by atoms with van der Waals surface area (Å²) in [5.41, 5.74) is 0.0575. The van der Waals surface area contributed by atoms with Crippen molar-refractivity contribution in [1.29, 1.82) is 0 Å².